The Bertz CT molecular complexity index is 586. The zero-order valence-corrected chi connectivity index (χ0v) is 11.2. The van der Waals surface area contributed by atoms with Crippen molar-refractivity contribution in [3.63, 3.8) is 0 Å². The lowest BCUT2D eigenvalue weighted by molar-refractivity contribution is 0.584. The van der Waals surface area contributed by atoms with E-state index in [9.17, 15) is 4.39 Å². The molecule has 0 amide bonds. The molecule has 0 bridgehead atoms. The van der Waals surface area contributed by atoms with Crippen molar-refractivity contribution in [3.05, 3.63) is 50.4 Å². The monoisotopic (exact) mass is 309 g/mol. The van der Waals surface area contributed by atoms with Crippen molar-refractivity contribution < 1.29 is 4.39 Å². The van der Waals surface area contributed by atoms with Crippen LogP contribution in [0.1, 0.15) is 0 Å². The molecule has 1 aromatic carbocycles. The predicted molar refractivity (Wildman–Crippen MR) is 69.7 cm³/mol. The molecule has 0 fully saturated rings. The van der Waals surface area contributed by atoms with Crippen LogP contribution in [0.2, 0.25) is 20.1 Å². The van der Waals surface area contributed by atoms with Crippen LogP contribution in [0.15, 0.2) is 24.4 Å². The lowest BCUT2D eigenvalue weighted by atomic mass is 10.1. The summed E-state index contributed by atoms with van der Waals surface area (Å²) in [4.78, 5) is 3.43. The maximum atomic E-state index is 13.1. The van der Waals surface area contributed by atoms with Gasteiger partial charge in [-0.3, -0.25) is 0 Å². The van der Waals surface area contributed by atoms with E-state index in [0.29, 0.717) is 16.1 Å². The minimum Gasteiger partial charge on any atom is -0.227 e. The summed E-state index contributed by atoms with van der Waals surface area (Å²) < 4.78 is 13.1. The molecule has 0 aliphatic carbocycles. The molecule has 0 aliphatic heterocycles. The van der Waals surface area contributed by atoms with Gasteiger partial charge in [0.15, 0.2) is 0 Å². The van der Waals surface area contributed by atoms with Gasteiger partial charge in [-0.1, -0.05) is 46.4 Å². The minimum absolute atomic E-state index is 0.267. The molecular formula is C11H4Cl4FN. The number of aromatic nitrogens is 1. The van der Waals surface area contributed by atoms with Crippen LogP contribution in [-0.2, 0) is 0 Å². The lowest BCUT2D eigenvalue weighted by Gasteiger charge is -2.08. The molecule has 6 heteroatoms. The smallest absolute Gasteiger partial charge is 0.213 e. The number of hydrogen-bond donors (Lipinski definition) is 0. The Kier molecular flexibility index (Phi) is 3.79. The van der Waals surface area contributed by atoms with Crippen molar-refractivity contribution >= 4 is 46.4 Å². The van der Waals surface area contributed by atoms with Gasteiger partial charge in [0.1, 0.15) is 0 Å². The Labute approximate surface area is 117 Å². The summed E-state index contributed by atoms with van der Waals surface area (Å²) in [7, 11) is 0. The standard InChI is InChI=1S/C11H4Cl4FN/c12-5-1-7(11(15)8(13)2-5)6-3-10(16)17-4-9(6)14/h1-4H. The van der Waals surface area contributed by atoms with E-state index in [1.54, 1.807) is 6.07 Å². The number of hydrogen-bond acceptors (Lipinski definition) is 1. The molecule has 1 aromatic heterocycles. The summed E-state index contributed by atoms with van der Waals surface area (Å²) in [6, 6.07) is 4.24. The molecule has 88 valence electrons. The van der Waals surface area contributed by atoms with Crippen LogP contribution >= 0.6 is 46.4 Å². The summed E-state index contributed by atoms with van der Waals surface area (Å²) in [6.45, 7) is 0. The van der Waals surface area contributed by atoms with Crippen LogP contribution in [0.25, 0.3) is 11.1 Å². The molecular weight excluding hydrogens is 307 g/mol. The topological polar surface area (TPSA) is 12.9 Å². The van der Waals surface area contributed by atoms with E-state index >= 15 is 0 Å². The predicted octanol–water partition coefficient (Wildman–Crippen LogP) is 5.50. The SMILES string of the molecule is Fc1cc(-c2cc(Cl)cc(Cl)c2Cl)c(Cl)cn1. The maximum Gasteiger partial charge on any atom is 0.213 e. The van der Waals surface area contributed by atoms with E-state index < -0.39 is 5.95 Å². The summed E-state index contributed by atoms with van der Waals surface area (Å²) in [5.41, 5.74) is 0.865. The first-order valence-corrected chi connectivity index (χ1v) is 5.96. The van der Waals surface area contributed by atoms with Gasteiger partial charge in [-0.2, -0.15) is 4.39 Å². The summed E-state index contributed by atoms with van der Waals surface area (Å²) >= 11 is 23.7. The number of benzene rings is 1. The molecule has 2 rings (SSSR count). The van der Waals surface area contributed by atoms with E-state index in [1.165, 1.54) is 18.3 Å². The van der Waals surface area contributed by atoms with Crippen molar-refractivity contribution in [1.82, 2.24) is 4.98 Å². The fourth-order valence-electron chi connectivity index (χ4n) is 1.37. The van der Waals surface area contributed by atoms with Gasteiger partial charge in [0.2, 0.25) is 5.95 Å². The Hall–Kier alpha value is -0.540. The van der Waals surface area contributed by atoms with E-state index in [-0.39, 0.29) is 15.1 Å². The van der Waals surface area contributed by atoms with Crippen molar-refractivity contribution in [1.29, 1.82) is 0 Å². The molecule has 0 aliphatic rings. The van der Waals surface area contributed by atoms with E-state index in [2.05, 4.69) is 4.98 Å². The number of halogens is 5. The van der Waals surface area contributed by atoms with Crippen LogP contribution in [0, 0.1) is 5.95 Å². The largest absolute Gasteiger partial charge is 0.227 e. The zero-order chi connectivity index (χ0) is 12.6. The van der Waals surface area contributed by atoms with Gasteiger partial charge in [-0.05, 0) is 12.1 Å². The molecule has 0 saturated carbocycles. The van der Waals surface area contributed by atoms with Crippen molar-refractivity contribution in [3.8, 4) is 11.1 Å². The third-order valence-corrected chi connectivity index (χ3v) is 3.43. The molecule has 0 atom stereocenters. The van der Waals surface area contributed by atoms with Gasteiger partial charge < -0.3 is 0 Å². The average Bonchev–Trinajstić information content (AvgIpc) is 2.27. The van der Waals surface area contributed by atoms with Crippen molar-refractivity contribution in [2.45, 2.75) is 0 Å². The number of pyridine rings is 1. The molecule has 0 unspecified atom stereocenters. The van der Waals surface area contributed by atoms with Gasteiger partial charge in [0, 0.05) is 28.4 Å². The first-order chi connectivity index (χ1) is 7.99. The highest BCUT2D eigenvalue weighted by molar-refractivity contribution is 6.45. The molecule has 0 radical (unpaired) electrons. The molecule has 0 spiro atoms. The van der Waals surface area contributed by atoms with Crippen LogP contribution in [0.4, 0.5) is 4.39 Å². The van der Waals surface area contributed by atoms with Crippen molar-refractivity contribution in [2.24, 2.45) is 0 Å². The van der Waals surface area contributed by atoms with Crippen LogP contribution in [0.3, 0.4) is 0 Å². The molecule has 0 N–H and O–H groups in total. The summed E-state index contributed by atoms with van der Waals surface area (Å²) in [5, 5.41) is 1.21. The van der Waals surface area contributed by atoms with Gasteiger partial charge >= 0.3 is 0 Å². The fraction of sp³-hybridized carbons (Fsp3) is 0. The second-order valence-electron chi connectivity index (χ2n) is 3.24. The Morgan fingerprint density at radius 1 is 0.882 bits per heavy atom. The van der Waals surface area contributed by atoms with Crippen LogP contribution < -0.4 is 0 Å². The molecule has 1 nitrogen and oxygen atoms in total. The average molecular weight is 311 g/mol. The maximum absolute atomic E-state index is 13.1. The normalized spacial score (nSPS) is 10.6. The molecule has 1 heterocycles. The Balaban J connectivity index is 2.72. The molecule has 2 aromatic rings. The third kappa shape index (κ3) is 2.66. The van der Waals surface area contributed by atoms with Gasteiger partial charge in [-0.15, -0.1) is 0 Å². The Morgan fingerprint density at radius 3 is 2.29 bits per heavy atom. The quantitative estimate of drug-likeness (QED) is 0.500. The van der Waals surface area contributed by atoms with Crippen LogP contribution in [0.5, 0.6) is 0 Å². The highest BCUT2D eigenvalue weighted by Crippen LogP contribution is 2.39. The van der Waals surface area contributed by atoms with Gasteiger partial charge in [-0.25, -0.2) is 4.98 Å². The van der Waals surface area contributed by atoms with Crippen molar-refractivity contribution in [2.75, 3.05) is 0 Å². The van der Waals surface area contributed by atoms with E-state index in [0.717, 1.165) is 0 Å². The summed E-state index contributed by atoms with van der Waals surface area (Å²) in [6.07, 6.45) is 1.21. The minimum atomic E-state index is -0.656. The second-order valence-corrected chi connectivity index (χ2v) is 4.86. The highest BCUT2D eigenvalue weighted by Gasteiger charge is 2.13. The fourth-order valence-corrected chi connectivity index (χ4v) is 2.28. The van der Waals surface area contributed by atoms with E-state index in [4.69, 9.17) is 46.4 Å². The lowest BCUT2D eigenvalue weighted by Crippen LogP contribution is -1.88. The van der Waals surface area contributed by atoms with Gasteiger partial charge in [0.25, 0.3) is 0 Å². The van der Waals surface area contributed by atoms with E-state index in [1.807, 2.05) is 0 Å². The summed E-state index contributed by atoms with van der Waals surface area (Å²) in [5.74, 6) is -0.656. The van der Waals surface area contributed by atoms with Crippen LogP contribution in [-0.4, -0.2) is 4.98 Å². The second kappa shape index (κ2) is 4.99. The highest BCUT2D eigenvalue weighted by atomic mass is 35.5. The number of rotatable bonds is 1. The first kappa shape index (κ1) is 12.9. The van der Waals surface area contributed by atoms with Gasteiger partial charge in [0.05, 0.1) is 15.1 Å². The Morgan fingerprint density at radius 2 is 1.59 bits per heavy atom. The first-order valence-electron chi connectivity index (χ1n) is 4.45. The molecule has 17 heavy (non-hydrogen) atoms. The molecule has 0 saturated heterocycles. The number of nitrogens with zero attached hydrogens (tertiary/aromatic N) is 1. The zero-order valence-electron chi connectivity index (χ0n) is 8.15. The third-order valence-electron chi connectivity index (χ3n) is 2.11.